The fourth-order valence-electron chi connectivity index (χ4n) is 1.84. The molecule has 0 unspecified atom stereocenters. The first-order valence-electron chi connectivity index (χ1n) is 6.34. The SMILES string of the molecule is Cc1cc([N+](=O)[O-])nn1CCC(=O)Nc1cc(Cl)ccc1O. The van der Waals surface area contributed by atoms with Gasteiger partial charge in [-0.15, -0.1) is 0 Å². The van der Waals surface area contributed by atoms with Gasteiger partial charge in [-0.05, 0) is 30.0 Å². The summed E-state index contributed by atoms with van der Waals surface area (Å²) >= 11 is 5.79. The molecular weight excluding hydrogens is 312 g/mol. The molecule has 1 aromatic heterocycles. The molecule has 8 nitrogen and oxygen atoms in total. The molecule has 1 heterocycles. The highest BCUT2D eigenvalue weighted by atomic mass is 35.5. The summed E-state index contributed by atoms with van der Waals surface area (Å²) in [6.07, 6.45) is 0.0472. The van der Waals surface area contributed by atoms with Gasteiger partial charge in [-0.2, -0.15) is 4.68 Å². The van der Waals surface area contributed by atoms with Gasteiger partial charge in [-0.1, -0.05) is 11.6 Å². The van der Waals surface area contributed by atoms with Crippen molar-refractivity contribution in [2.24, 2.45) is 0 Å². The summed E-state index contributed by atoms with van der Waals surface area (Å²) in [6.45, 7) is 1.85. The maximum atomic E-state index is 11.9. The van der Waals surface area contributed by atoms with E-state index >= 15 is 0 Å². The summed E-state index contributed by atoms with van der Waals surface area (Å²) in [5.74, 6) is -0.718. The van der Waals surface area contributed by atoms with E-state index in [-0.39, 0.29) is 36.1 Å². The number of aromatic hydroxyl groups is 1. The van der Waals surface area contributed by atoms with E-state index in [1.165, 1.54) is 28.9 Å². The van der Waals surface area contributed by atoms with Crippen molar-refractivity contribution >= 4 is 29.0 Å². The Labute approximate surface area is 130 Å². The molecule has 1 aromatic carbocycles. The molecule has 22 heavy (non-hydrogen) atoms. The van der Waals surface area contributed by atoms with Crippen LogP contribution in [0.1, 0.15) is 12.1 Å². The van der Waals surface area contributed by atoms with Gasteiger partial charge in [0, 0.05) is 11.4 Å². The average molecular weight is 325 g/mol. The van der Waals surface area contributed by atoms with Gasteiger partial charge in [0.15, 0.2) is 0 Å². The zero-order chi connectivity index (χ0) is 16.3. The number of phenolic OH excluding ortho intramolecular Hbond substituents is 1. The molecule has 0 saturated carbocycles. The zero-order valence-electron chi connectivity index (χ0n) is 11.6. The van der Waals surface area contributed by atoms with Crippen LogP contribution in [0.25, 0.3) is 0 Å². The third-order valence-electron chi connectivity index (χ3n) is 2.94. The van der Waals surface area contributed by atoms with E-state index in [4.69, 9.17) is 11.6 Å². The van der Waals surface area contributed by atoms with Crippen LogP contribution in [-0.2, 0) is 11.3 Å². The number of carbonyl (C=O) groups excluding carboxylic acids is 1. The van der Waals surface area contributed by atoms with Crippen LogP contribution in [0.4, 0.5) is 11.5 Å². The van der Waals surface area contributed by atoms with Crippen molar-refractivity contribution < 1.29 is 14.8 Å². The number of halogens is 1. The minimum absolute atomic E-state index is 0.0472. The number of hydrogen-bond donors (Lipinski definition) is 2. The third kappa shape index (κ3) is 3.73. The lowest BCUT2D eigenvalue weighted by Gasteiger charge is -2.07. The van der Waals surface area contributed by atoms with Gasteiger partial charge >= 0.3 is 5.82 Å². The number of anilines is 1. The van der Waals surface area contributed by atoms with Gasteiger partial charge in [-0.3, -0.25) is 4.79 Å². The van der Waals surface area contributed by atoms with Crippen molar-refractivity contribution in [3.8, 4) is 5.75 Å². The number of nitrogens with zero attached hydrogens (tertiary/aromatic N) is 3. The van der Waals surface area contributed by atoms with Crippen molar-refractivity contribution in [2.75, 3.05) is 5.32 Å². The fourth-order valence-corrected chi connectivity index (χ4v) is 2.01. The van der Waals surface area contributed by atoms with Crippen LogP contribution in [0.3, 0.4) is 0 Å². The summed E-state index contributed by atoms with van der Waals surface area (Å²) in [4.78, 5) is 21.9. The Kier molecular flexibility index (Phi) is 4.62. The second kappa shape index (κ2) is 6.44. The van der Waals surface area contributed by atoms with Crippen LogP contribution in [0, 0.1) is 17.0 Å². The summed E-state index contributed by atoms with van der Waals surface area (Å²) in [5.41, 5.74) is 0.797. The molecule has 2 N–H and O–H groups in total. The highest BCUT2D eigenvalue weighted by molar-refractivity contribution is 6.31. The molecule has 0 aliphatic heterocycles. The van der Waals surface area contributed by atoms with Crippen LogP contribution < -0.4 is 5.32 Å². The topological polar surface area (TPSA) is 110 Å². The number of phenols is 1. The summed E-state index contributed by atoms with van der Waals surface area (Å²) in [7, 11) is 0. The number of hydrogen-bond acceptors (Lipinski definition) is 5. The smallest absolute Gasteiger partial charge is 0.390 e. The van der Waals surface area contributed by atoms with E-state index in [1.807, 2.05) is 0 Å². The Hall–Kier alpha value is -2.61. The first kappa shape index (κ1) is 15.8. The predicted molar refractivity (Wildman–Crippen MR) is 80.0 cm³/mol. The number of rotatable bonds is 5. The predicted octanol–water partition coefficient (Wildman–Crippen LogP) is 2.49. The number of aromatic nitrogens is 2. The van der Waals surface area contributed by atoms with Crippen molar-refractivity contribution in [3.63, 3.8) is 0 Å². The Balaban J connectivity index is 1.98. The van der Waals surface area contributed by atoms with E-state index < -0.39 is 4.92 Å². The lowest BCUT2D eigenvalue weighted by molar-refractivity contribution is -0.389. The zero-order valence-corrected chi connectivity index (χ0v) is 12.4. The molecule has 0 spiro atoms. The molecule has 2 rings (SSSR count). The maximum absolute atomic E-state index is 11.9. The number of benzene rings is 1. The summed E-state index contributed by atoms with van der Waals surface area (Å²) in [5, 5.41) is 26.9. The molecule has 0 bridgehead atoms. The van der Waals surface area contributed by atoms with Crippen LogP contribution in [-0.4, -0.2) is 25.7 Å². The Morgan fingerprint density at radius 1 is 1.50 bits per heavy atom. The number of nitro groups is 1. The van der Waals surface area contributed by atoms with Crippen molar-refractivity contribution in [3.05, 3.63) is 45.1 Å². The molecule has 0 radical (unpaired) electrons. The second-order valence-corrected chi connectivity index (χ2v) is 5.02. The molecular formula is C13H13ClN4O4. The van der Waals surface area contributed by atoms with Crippen molar-refractivity contribution in [1.29, 1.82) is 0 Å². The van der Waals surface area contributed by atoms with E-state index in [2.05, 4.69) is 10.4 Å². The summed E-state index contributed by atoms with van der Waals surface area (Å²) < 4.78 is 1.38. The number of nitrogens with one attached hydrogen (secondary N) is 1. The van der Waals surface area contributed by atoms with E-state index in [0.29, 0.717) is 10.7 Å². The standard InChI is InChI=1S/C13H13ClN4O4/c1-8-6-12(18(21)22)16-17(8)5-4-13(20)15-10-7-9(14)2-3-11(10)19/h2-3,6-7,19H,4-5H2,1H3,(H,15,20). The van der Waals surface area contributed by atoms with Gasteiger partial charge in [-0.25, -0.2) is 0 Å². The van der Waals surface area contributed by atoms with E-state index in [1.54, 1.807) is 6.92 Å². The van der Waals surface area contributed by atoms with Crippen LogP contribution in [0.2, 0.25) is 5.02 Å². The van der Waals surface area contributed by atoms with E-state index in [0.717, 1.165) is 0 Å². The van der Waals surface area contributed by atoms with Gasteiger partial charge in [0.1, 0.15) is 5.75 Å². The van der Waals surface area contributed by atoms with Crippen LogP contribution >= 0.6 is 11.6 Å². The molecule has 0 fully saturated rings. The summed E-state index contributed by atoms with van der Waals surface area (Å²) in [6, 6.07) is 5.64. The maximum Gasteiger partial charge on any atom is 0.390 e. The molecule has 9 heteroatoms. The largest absolute Gasteiger partial charge is 0.506 e. The molecule has 2 aromatic rings. The Bertz CT molecular complexity index is 729. The number of carbonyl (C=O) groups is 1. The number of amides is 1. The first-order chi connectivity index (χ1) is 10.4. The number of aryl methyl sites for hydroxylation is 2. The van der Waals surface area contributed by atoms with Crippen molar-refractivity contribution in [2.45, 2.75) is 19.9 Å². The van der Waals surface area contributed by atoms with E-state index in [9.17, 15) is 20.0 Å². The molecule has 0 aliphatic carbocycles. The van der Waals surface area contributed by atoms with Gasteiger partial charge in [0.05, 0.1) is 29.1 Å². The molecule has 116 valence electrons. The van der Waals surface area contributed by atoms with Crippen molar-refractivity contribution in [1.82, 2.24) is 9.78 Å². The van der Waals surface area contributed by atoms with Gasteiger partial charge in [0.25, 0.3) is 0 Å². The monoisotopic (exact) mass is 324 g/mol. The normalized spacial score (nSPS) is 10.5. The fraction of sp³-hybridized carbons (Fsp3) is 0.231. The second-order valence-electron chi connectivity index (χ2n) is 4.58. The lowest BCUT2D eigenvalue weighted by atomic mass is 10.2. The highest BCUT2D eigenvalue weighted by Crippen LogP contribution is 2.26. The van der Waals surface area contributed by atoms with Gasteiger partial charge in [0.2, 0.25) is 5.91 Å². The lowest BCUT2D eigenvalue weighted by Crippen LogP contribution is -2.15. The minimum Gasteiger partial charge on any atom is -0.506 e. The average Bonchev–Trinajstić information content (AvgIpc) is 2.82. The van der Waals surface area contributed by atoms with Crippen LogP contribution in [0.15, 0.2) is 24.3 Å². The quantitative estimate of drug-likeness (QED) is 0.498. The highest BCUT2D eigenvalue weighted by Gasteiger charge is 2.16. The Morgan fingerprint density at radius 3 is 2.86 bits per heavy atom. The van der Waals surface area contributed by atoms with Crippen LogP contribution in [0.5, 0.6) is 5.75 Å². The molecule has 1 amide bonds. The molecule has 0 atom stereocenters. The van der Waals surface area contributed by atoms with Gasteiger partial charge < -0.3 is 20.5 Å². The first-order valence-corrected chi connectivity index (χ1v) is 6.72. The minimum atomic E-state index is -0.590. The Morgan fingerprint density at radius 2 is 2.23 bits per heavy atom. The molecule has 0 aliphatic rings. The molecule has 0 saturated heterocycles. The third-order valence-corrected chi connectivity index (χ3v) is 3.17.